The van der Waals surface area contributed by atoms with Crippen LogP contribution in [0.1, 0.15) is 48.8 Å². The first-order valence-corrected chi connectivity index (χ1v) is 6.08. The van der Waals surface area contributed by atoms with Crippen LogP contribution in [-0.4, -0.2) is 18.8 Å². The number of rotatable bonds is 4. The minimum atomic E-state index is -0.498. The topological polar surface area (TPSA) is 29.5 Å². The summed E-state index contributed by atoms with van der Waals surface area (Å²) in [4.78, 5) is 0. The van der Waals surface area contributed by atoms with Crippen molar-refractivity contribution in [3.05, 3.63) is 35.4 Å². The van der Waals surface area contributed by atoms with Gasteiger partial charge in [0.1, 0.15) is 6.10 Å². The first-order chi connectivity index (χ1) is 7.81. The van der Waals surface area contributed by atoms with E-state index in [4.69, 9.17) is 4.74 Å². The van der Waals surface area contributed by atoms with Crippen molar-refractivity contribution < 1.29 is 9.84 Å². The third-order valence-electron chi connectivity index (χ3n) is 3.47. The second-order valence-electron chi connectivity index (χ2n) is 4.62. The van der Waals surface area contributed by atoms with Gasteiger partial charge in [0.2, 0.25) is 0 Å². The summed E-state index contributed by atoms with van der Waals surface area (Å²) in [5.41, 5.74) is 2.37. The van der Waals surface area contributed by atoms with Crippen molar-refractivity contribution >= 4 is 0 Å². The molecule has 1 N–H and O–H groups in total. The monoisotopic (exact) mass is 220 g/mol. The normalized spacial score (nSPS) is 18.9. The number of ether oxygens (including phenoxy) is 1. The third kappa shape index (κ3) is 2.63. The van der Waals surface area contributed by atoms with Crippen molar-refractivity contribution in [1.29, 1.82) is 0 Å². The van der Waals surface area contributed by atoms with Gasteiger partial charge in [-0.1, -0.05) is 37.1 Å². The molecule has 0 radical (unpaired) electrons. The van der Waals surface area contributed by atoms with E-state index in [1.807, 2.05) is 12.1 Å². The zero-order chi connectivity index (χ0) is 11.4. The number of aliphatic hydroxyl groups excluding tert-OH is 1. The van der Waals surface area contributed by atoms with E-state index in [1.54, 1.807) is 7.11 Å². The highest BCUT2D eigenvalue weighted by Gasteiger charge is 2.17. The highest BCUT2D eigenvalue weighted by Crippen LogP contribution is 2.34. The Bertz CT molecular complexity index is 312. The van der Waals surface area contributed by atoms with Crippen LogP contribution in [0.25, 0.3) is 0 Å². The fourth-order valence-electron chi connectivity index (χ4n) is 2.50. The lowest BCUT2D eigenvalue weighted by atomic mass is 9.96. The van der Waals surface area contributed by atoms with Crippen LogP contribution in [0.4, 0.5) is 0 Å². The molecule has 0 bridgehead atoms. The number of aliphatic hydroxyl groups is 1. The van der Waals surface area contributed by atoms with Crippen LogP contribution in [0.15, 0.2) is 24.3 Å². The highest BCUT2D eigenvalue weighted by atomic mass is 16.5. The predicted molar refractivity (Wildman–Crippen MR) is 64.5 cm³/mol. The molecule has 1 saturated carbocycles. The predicted octanol–water partition coefficient (Wildman–Crippen LogP) is 3.02. The largest absolute Gasteiger partial charge is 0.386 e. The van der Waals surface area contributed by atoms with Gasteiger partial charge < -0.3 is 9.84 Å². The van der Waals surface area contributed by atoms with Crippen molar-refractivity contribution in [3.63, 3.8) is 0 Å². The average molecular weight is 220 g/mol. The van der Waals surface area contributed by atoms with Gasteiger partial charge in [0, 0.05) is 7.11 Å². The Kier molecular flexibility index (Phi) is 3.97. The first-order valence-electron chi connectivity index (χ1n) is 6.08. The Morgan fingerprint density at radius 2 is 1.88 bits per heavy atom. The molecule has 0 saturated heterocycles. The van der Waals surface area contributed by atoms with Crippen LogP contribution in [0.3, 0.4) is 0 Å². The smallest absolute Gasteiger partial charge is 0.102 e. The van der Waals surface area contributed by atoms with E-state index in [2.05, 4.69) is 12.1 Å². The van der Waals surface area contributed by atoms with Crippen LogP contribution in [0.2, 0.25) is 0 Å². The molecule has 1 aliphatic carbocycles. The molecule has 1 aromatic carbocycles. The summed E-state index contributed by atoms with van der Waals surface area (Å²) in [7, 11) is 1.61. The van der Waals surface area contributed by atoms with Gasteiger partial charge in [-0.3, -0.25) is 0 Å². The summed E-state index contributed by atoms with van der Waals surface area (Å²) in [6.07, 6.45) is 4.86. The fourth-order valence-corrected chi connectivity index (χ4v) is 2.50. The van der Waals surface area contributed by atoms with Crippen LogP contribution >= 0.6 is 0 Å². The van der Waals surface area contributed by atoms with Gasteiger partial charge in [-0.25, -0.2) is 0 Å². The van der Waals surface area contributed by atoms with Gasteiger partial charge in [-0.15, -0.1) is 0 Å². The average Bonchev–Trinajstić information content (AvgIpc) is 2.83. The fraction of sp³-hybridized carbons (Fsp3) is 0.571. The Labute approximate surface area is 97.3 Å². The van der Waals surface area contributed by atoms with Crippen molar-refractivity contribution in [2.24, 2.45) is 0 Å². The molecule has 88 valence electrons. The molecular weight excluding hydrogens is 200 g/mol. The van der Waals surface area contributed by atoms with Gasteiger partial charge in [0.25, 0.3) is 0 Å². The Morgan fingerprint density at radius 3 is 2.44 bits per heavy atom. The van der Waals surface area contributed by atoms with Gasteiger partial charge in [0.15, 0.2) is 0 Å². The van der Waals surface area contributed by atoms with Crippen molar-refractivity contribution in [2.75, 3.05) is 13.7 Å². The van der Waals surface area contributed by atoms with E-state index in [1.165, 1.54) is 31.2 Å². The molecule has 0 amide bonds. The van der Waals surface area contributed by atoms with Gasteiger partial charge in [-0.05, 0) is 29.9 Å². The maximum absolute atomic E-state index is 9.75. The van der Waals surface area contributed by atoms with Crippen molar-refractivity contribution in [1.82, 2.24) is 0 Å². The maximum Gasteiger partial charge on any atom is 0.102 e. The molecule has 2 nitrogen and oxygen atoms in total. The number of hydrogen-bond acceptors (Lipinski definition) is 2. The molecule has 1 fully saturated rings. The lowest BCUT2D eigenvalue weighted by Crippen LogP contribution is -2.05. The summed E-state index contributed by atoms with van der Waals surface area (Å²) in [5.74, 6) is 0.744. The summed E-state index contributed by atoms with van der Waals surface area (Å²) >= 11 is 0. The number of benzene rings is 1. The third-order valence-corrected chi connectivity index (χ3v) is 3.47. The van der Waals surface area contributed by atoms with Gasteiger partial charge in [-0.2, -0.15) is 0 Å². The van der Waals surface area contributed by atoms with E-state index >= 15 is 0 Å². The van der Waals surface area contributed by atoms with E-state index in [9.17, 15) is 5.11 Å². The molecule has 0 aromatic heterocycles. The molecule has 2 rings (SSSR count). The summed E-state index contributed by atoms with van der Waals surface area (Å²) in [6.45, 7) is 0.364. The second kappa shape index (κ2) is 5.46. The molecule has 16 heavy (non-hydrogen) atoms. The molecule has 0 aliphatic heterocycles. The Morgan fingerprint density at radius 1 is 1.25 bits per heavy atom. The van der Waals surface area contributed by atoms with E-state index < -0.39 is 6.10 Å². The quantitative estimate of drug-likeness (QED) is 0.845. The second-order valence-corrected chi connectivity index (χ2v) is 4.62. The summed E-state index contributed by atoms with van der Waals surface area (Å²) in [5, 5.41) is 9.75. The van der Waals surface area contributed by atoms with E-state index in [0.29, 0.717) is 6.61 Å². The van der Waals surface area contributed by atoms with Crippen molar-refractivity contribution in [2.45, 2.75) is 37.7 Å². The molecule has 1 atom stereocenters. The lowest BCUT2D eigenvalue weighted by molar-refractivity contribution is 0.0644. The molecule has 1 unspecified atom stereocenters. The van der Waals surface area contributed by atoms with E-state index in [0.717, 1.165) is 11.5 Å². The van der Waals surface area contributed by atoms with E-state index in [-0.39, 0.29) is 0 Å². The molecular formula is C14H20O2. The van der Waals surface area contributed by atoms with Crippen molar-refractivity contribution in [3.8, 4) is 0 Å². The molecule has 1 aromatic rings. The summed E-state index contributed by atoms with van der Waals surface area (Å²) in [6, 6.07) is 8.36. The molecule has 0 heterocycles. The molecule has 2 heteroatoms. The number of methoxy groups -OCH3 is 1. The molecule has 0 spiro atoms. The van der Waals surface area contributed by atoms with Gasteiger partial charge >= 0.3 is 0 Å². The van der Waals surface area contributed by atoms with Crippen LogP contribution in [0, 0.1) is 0 Å². The minimum absolute atomic E-state index is 0.364. The summed E-state index contributed by atoms with van der Waals surface area (Å²) < 4.78 is 4.94. The Balaban J connectivity index is 2.03. The number of hydrogen-bond donors (Lipinski definition) is 1. The van der Waals surface area contributed by atoms with Gasteiger partial charge in [0.05, 0.1) is 6.61 Å². The standard InChI is InChI=1S/C14H20O2/c1-16-10-14(15)13-8-6-12(7-9-13)11-4-2-3-5-11/h6-9,11,14-15H,2-5,10H2,1H3. The van der Waals surface area contributed by atoms with Crippen LogP contribution in [-0.2, 0) is 4.74 Å². The molecule has 1 aliphatic rings. The lowest BCUT2D eigenvalue weighted by Gasteiger charge is -2.13. The first kappa shape index (κ1) is 11.6. The van der Waals surface area contributed by atoms with Crippen LogP contribution in [0.5, 0.6) is 0 Å². The zero-order valence-corrected chi connectivity index (χ0v) is 9.86. The van der Waals surface area contributed by atoms with Crippen LogP contribution < -0.4 is 0 Å². The minimum Gasteiger partial charge on any atom is -0.386 e. The highest BCUT2D eigenvalue weighted by molar-refractivity contribution is 5.27. The zero-order valence-electron chi connectivity index (χ0n) is 9.86. The SMILES string of the molecule is COCC(O)c1ccc(C2CCCC2)cc1. The Hall–Kier alpha value is -0.860. The maximum atomic E-state index is 9.75.